The zero-order valence-electron chi connectivity index (χ0n) is 11.7. The number of fused-ring (bicyclic) bond motifs is 1. The second-order valence-electron chi connectivity index (χ2n) is 4.94. The normalized spacial score (nSPS) is 13.0. The summed E-state index contributed by atoms with van der Waals surface area (Å²) in [7, 11) is 0. The van der Waals surface area contributed by atoms with Gasteiger partial charge in [0.15, 0.2) is 0 Å². The van der Waals surface area contributed by atoms with E-state index in [1.54, 1.807) is 0 Å². The number of benzene rings is 1. The molecule has 1 aromatic carbocycles. The van der Waals surface area contributed by atoms with Crippen molar-refractivity contribution in [2.75, 3.05) is 6.54 Å². The quantitative estimate of drug-likeness (QED) is 0.694. The summed E-state index contributed by atoms with van der Waals surface area (Å²) in [5, 5.41) is 5.35. The smallest absolute Gasteiger partial charge is 0.134 e. The maximum atomic E-state index is 6.01. The van der Waals surface area contributed by atoms with Crippen molar-refractivity contribution in [3.63, 3.8) is 0 Å². The van der Waals surface area contributed by atoms with Crippen molar-refractivity contribution in [1.82, 2.24) is 5.32 Å². The summed E-state index contributed by atoms with van der Waals surface area (Å²) in [5.74, 6) is 1.02. The molecule has 0 bridgehead atoms. The second-order valence-corrected chi connectivity index (χ2v) is 5.37. The zero-order valence-corrected chi connectivity index (χ0v) is 12.5. The van der Waals surface area contributed by atoms with Gasteiger partial charge in [-0.2, -0.15) is 0 Å². The van der Waals surface area contributed by atoms with Crippen LogP contribution in [-0.2, 0) is 0 Å². The molecule has 1 N–H and O–H groups in total. The van der Waals surface area contributed by atoms with Crippen molar-refractivity contribution in [3.8, 4) is 0 Å². The number of rotatable bonds is 7. The Morgan fingerprint density at radius 3 is 2.79 bits per heavy atom. The van der Waals surface area contributed by atoms with E-state index in [1.807, 2.05) is 18.2 Å². The van der Waals surface area contributed by atoms with E-state index in [1.165, 1.54) is 19.3 Å². The summed E-state index contributed by atoms with van der Waals surface area (Å²) in [4.78, 5) is 0. The van der Waals surface area contributed by atoms with E-state index in [4.69, 9.17) is 16.0 Å². The van der Waals surface area contributed by atoms with Crippen molar-refractivity contribution in [2.45, 2.75) is 45.6 Å². The van der Waals surface area contributed by atoms with Crippen molar-refractivity contribution in [2.24, 2.45) is 0 Å². The van der Waals surface area contributed by atoms with Crippen LogP contribution in [-0.4, -0.2) is 6.54 Å². The fourth-order valence-corrected chi connectivity index (χ4v) is 2.58. The van der Waals surface area contributed by atoms with E-state index in [9.17, 15) is 0 Å². The molecule has 0 saturated heterocycles. The van der Waals surface area contributed by atoms with Gasteiger partial charge in [0.05, 0.1) is 6.04 Å². The third-order valence-corrected chi connectivity index (χ3v) is 3.62. The SMILES string of the molecule is CCCCCC(NCC)c1cc2cc(Cl)ccc2o1. The molecule has 0 radical (unpaired) electrons. The van der Waals surface area contributed by atoms with E-state index >= 15 is 0 Å². The van der Waals surface area contributed by atoms with Crippen LogP contribution in [0.1, 0.15) is 51.3 Å². The van der Waals surface area contributed by atoms with Gasteiger partial charge in [0.1, 0.15) is 11.3 Å². The first-order valence-corrected chi connectivity index (χ1v) is 7.54. The standard InChI is InChI=1S/C16H22ClNO/c1-3-5-6-7-14(18-4-2)16-11-12-10-13(17)8-9-15(12)19-16/h8-11,14,18H,3-7H2,1-2H3. The van der Waals surface area contributed by atoms with E-state index in [0.717, 1.165) is 34.7 Å². The van der Waals surface area contributed by atoms with Gasteiger partial charge in [-0.25, -0.2) is 0 Å². The van der Waals surface area contributed by atoms with Crippen LogP contribution in [0.25, 0.3) is 11.0 Å². The molecule has 0 aliphatic carbocycles. The largest absolute Gasteiger partial charge is 0.459 e. The lowest BCUT2D eigenvalue weighted by molar-refractivity contribution is 0.405. The van der Waals surface area contributed by atoms with Crippen molar-refractivity contribution < 1.29 is 4.42 Å². The molecule has 0 fully saturated rings. The van der Waals surface area contributed by atoms with Gasteiger partial charge in [-0.1, -0.05) is 44.7 Å². The molecule has 19 heavy (non-hydrogen) atoms. The molecule has 1 aromatic heterocycles. The molecule has 3 heteroatoms. The predicted octanol–water partition coefficient (Wildman–Crippen LogP) is 5.32. The first kappa shape index (κ1) is 14.4. The van der Waals surface area contributed by atoms with Gasteiger partial charge in [0.2, 0.25) is 0 Å². The average Bonchev–Trinajstić information content (AvgIpc) is 2.80. The zero-order chi connectivity index (χ0) is 13.7. The highest BCUT2D eigenvalue weighted by atomic mass is 35.5. The van der Waals surface area contributed by atoms with Crippen molar-refractivity contribution in [1.29, 1.82) is 0 Å². The van der Waals surface area contributed by atoms with Gasteiger partial charge in [-0.3, -0.25) is 0 Å². The Kier molecular flexibility index (Phi) is 5.29. The molecule has 2 aromatic rings. The summed E-state index contributed by atoms with van der Waals surface area (Å²) < 4.78 is 5.95. The van der Waals surface area contributed by atoms with Crippen molar-refractivity contribution >= 4 is 22.6 Å². The Morgan fingerprint density at radius 2 is 2.05 bits per heavy atom. The highest BCUT2D eigenvalue weighted by Crippen LogP contribution is 2.28. The predicted molar refractivity (Wildman–Crippen MR) is 81.8 cm³/mol. The van der Waals surface area contributed by atoms with Crippen LogP contribution in [0.5, 0.6) is 0 Å². The molecule has 0 aliphatic rings. The van der Waals surface area contributed by atoms with E-state index in [0.29, 0.717) is 6.04 Å². The van der Waals surface area contributed by atoms with E-state index in [2.05, 4.69) is 25.2 Å². The monoisotopic (exact) mass is 279 g/mol. The molecule has 1 heterocycles. The minimum Gasteiger partial charge on any atom is -0.459 e. The molecule has 0 amide bonds. The topological polar surface area (TPSA) is 25.2 Å². The number of hydrogen-bond donors (Lipinski definition) is 1. The number of halogens is 1. The Hall–Kier alpha value is -0.990. The lowest BCUT2D eigenvalue weighted by atomic mass is 10.1. The van der Waals surface area contributed by atoms with Crippen LogP contribution in [0.4, 0.5) is 0 Å². The minimum absolute atomic E-state index is 0.308. The fraction of sp³-hybridized carbons (Fsp3) is 0.500. The first-order chi connectivity index (χ1) is 9.24. The molecular formula is C16H22ClNO. The number of unbranched alkanes of at least 4 members (excludes halogenated alkanes) is 2. The minimum atomic E-state index is 0.308. The molecule has 0 saturated carbocycles. The molecule has 104 valence electrons. The Labute approximate surface area is 120 Å². The van der Waals surface area contributed by atoms with Gasteiger partial charge in [0, 0.05) is 10.4 Å². The van der Waals surface area contributed by atoms with Gasteiger partial charge in [-0.05, 0) is 37.2 Å². The molecule has 1 unspecified atom stereocenters. The Balaban J connectivity index is 2.17. The summed E-state index contributed by atoms with van der Waals surface area (Å²) in [6, 6.07) is 8.19. The van der Waals surface area contributed by atoms with Crippen LogP contribution in [0, 0.1) is 0 Å². The summed E-state index contributed by atoms with van der Waals surface area (Å²) in [6.07, 6.45) is 4.86. The molecule has 0 aliphatic heterocycles. The van der Waals surface area contributed by atoms with Crippen LogP contribution in [0.2, 0.25) is 5.02 Å². The molecule has 1 atom stereocenters. The summed E-state index contributed by atoms with van der Waals surface area (Å²) in [6.45, 7) is 5.31. The Morgan fingerprint density at radius 1 is 1.21 bits per heavy atom. The number of furan rings is 1. The third-order valence-electron chi connectivity index (χ3n) is 3.39. The lowest BCUT2D eigenvalue weighted by Crippen LogP contribution is -2.20. The summed E-state index contributed by atoms with van der Waals surface area (Å²) >= 11 is 6.01. The third kappa shape index (κ3) is 3.74. The average molecular weight is 280 g/mol. The maximum Gasteiger partial charge on any atom is 0.134 e. The fourth-order valence-electron chi connectivity index (χ4n) is 2.40. The van der Waals surface area contributed by atoms with E-state index < -0.39 is 0 Å². The molecular weight excluding hydrogens is 258 g/mol. The second kappa shape index (κ2) is 6.97. The van der Waals surface area contributed by atoms with Gasteiger partial charge in [-0.15, -0.1) is 0 Å². The first-order valence-electron chi connectivity index (χ1n) is 7.17. The van der Waals surface area contributed by atoms with Gasteiger partial charge >= 0.3 is 0 Å². The van der Waals surface area contributed by atoms with Crippen LogP contribution in [0.3, 0.4) is 0 Å². The van der Waals surface area contributed by atoms with Crippen LogP contribution in [0.15, 0.2) is 28.7 Å². The lowest BCUT2D eigenvalue weighted by Gasteiger charge is -2.14. The maximum absolute atomic E-state index is 6.01. The highest BCUT2D eigenvalue weighted by molar-refractivity contribution is 6.31. The van der Waals surface area contributed by atoms with Crippen molar-refractivity contribution in [3.05, 3.63) is 35.0 Å². The molecule has 2 rings (SSSR count). The number of nitrogens with one attached hydrogen (secondary N) is 1. The summed E-state index contributed by atoms with van der Waals surface area (Å²) in [5.41, 5.74) is 0.915. The van der Waals surface area contributed by atoms with Crippen LogP contribution < -0.4 is 5.32 Å². The molecule has 0 spiro atoms. The highest BCUT2D eigenvalue weighted by Gasteiger charge is 2.15. The number of hydrogen-bond acceptors (Lipinski definition) is 2. The van der Waals surface area contributed by atoms with Gasteiger partial charge < -0.3 is 9.73 Å². The Bertz CT molecular complexity index is 520. The van der Waals surface area contributed by atoms with Gasteiger partial charge in [0.25, 0.3) is 0 Å². The van der Waals surface area contributed by atoms with E-state index in [-0.39, 0.29) is 0 Å². The van der Waals surface area contributed by atoms with Crippen LogP contribution >= 0.6 is 11.6 Å². The molecule has 2 nitrogen and oxygen atoms in total.